The summed E-state index contributed by atoms with van der Waals surface area (Å²) in [5.74, 6) is -0.400. The van der Waals surface area contributed by atoms with Crippen LogP contribution in [0.25, 0.3) is 16.7 Å². The Morgan fingerprint density at radius 3 is 2.74 bits per heavy atom. The average Bonchev–Trinajstić information content (AvgIpc) is 3.41. The normalized spacial score (nSPS) is 14.8. The second kappa shape index (κ2) is 8.45. The zero-order valence-electron chi connectivity index (χ0n) is 18.6. The minimum absolute atomic E-state index is 0.0610. The van der Waals surface area contributed by atoms with E-state index in [2.05, 4.69) is 10.4 Å². The largest absolute Gasteiger partial charge is 0.366 e. The highest BCUT2D eigenvalue weighted by molar-refractivity contribution is 7.99. The highest BCUT2D eigenvalue weighted by Crippen LogP contribution is 2.33. The zero-order chi connectivity index (χ0) is 24.0. The minimum atomic E-state index is -0.624. The number of anilines is 1. The van der Waals surface area contributed by atoms with Crippen molar-refractivity contribution in [2.45, 2.75) is 31.5 Å². The van der Waals surface area contributed by atoms with Crippen LogP contribution in [0.4, 0.5) is 5.69 Å². The number of carbonyl (C=O) groups is 2. The van der Waals surface area contributed by atoms with Gasteiger partial charge in [0.2, 0.25) is 5.91 Å². The summed E-state index contributed by atoms with van der Waals surface area (Å²) in [7, 11) is 0. The maximum absolute atomic E-state index is 13.3. The fraction of sp³-hybridized carbons (Fsp3) is 0.208. The number of hydrogen-bond donors (Lipinski definition) is 2. The molecule has 1 unspecified atom stereocenters. The molecule has 0 spiro atoms. The van der Waals surface area contributed by atoms with Gasteiger partial charge in [-0.25, -0.2) is 9.67 Å². The SMILES string of the molecule is Cc1ccc(-n2ncc3c(=O)n4c(nc32)SCC4CC(=O)Nc2ccccc2C(N)=O)cc1C. The van der Waals surface area contributed by atoms with Crippen LogP contribution in [0.2, 0.25) is 0 Å². The summed E-state index contributed by atoms with van der Waals surface area (Å²) in [5.41, 5.74) is 9.37. The molecule has 172 valence electrons. The van der Waals surface area contributed by atoms with E-state index in [1.165, 1.54) is 23.5 Å². The Labute approximate surface area is 199 Å². The standard InChI is InChI=1S/C24H22N6O3S/c1-13-7-8-15(9-14(13)2)30-22-18(11-26-30)23(33)29-16(12-34-24(29)28-22)10-20(31)27-19-6-4-3-5-17(19)21(25)32/h3-9,11,16H,10,12H2,1-2H3,(H2,25,32)(H,27,31). The van der Waals surface area contributed by atoms with Gasteiger partial charge in [0.15, 0.2) is 10.8 Å². The molecule has 0 radical (unpaired) electrons. The van der Waals surface area contributed by atoms with E-state index in [1.54, 1.807) is 33.5 Å². The molecule has 2 aromatic heterocycles. The first kappa shape index (κ1) is 21.9. The Morgan fingerprint density at radius 1 is 1.18 bits per heavy atom. The van der Waals surface area contributed by atoms with Crippen molar-refractivity contribution in [1.29, 1.82) is 0 Å². The summed E-state index contributed by atoms with van der Waals surface area (Å²) in [6.45, 7) is 4.06. The highest BCUT2D eigenvalue weighted by atomic mass is 32.2. The minimum Gasteiger partial charge on any atom is -0.366 e. The third-order valence-corrected chi connectivity index (χ3v) is 7.09. The van der Waals surface area contributed by atoms with Crippen LogP contribution in [0.5, 0.6) is 0 Å². The number of nitrogens with zero attached hydrogens (tertiary/aromatic N) is 4. The lowest BCUT2D eigenvalue weighted by Gasteiger charge is -2.14. The van der Waals surface area contributed by atoms with Crippen molar-refractivity contribution in [2.24, 2.45) is 5.73 Å². The number of benzene rings is 2. The first-order valence-corrected chi connectivity index (χ1v) is 11.7. The molecule has 3 N–H and O–H groups in total. The maximum Gasteiger partial charge on any atom is 0.265 e. The summed E-state index contributed by atoms with van der Waals surface area (Å²) in [6.07, 6.45) is 1.59. The summed E-state index contributed by atoms with van der Waals surface area (Å²) in [5, 5.41) is 8.11. The number of aryl methyl sites for hydroxylation is 2. The lowest BCUT2D eigenvalue weighted by molar-refractivity contribution is -0.116. The lowest BCUT2D eigenvalue weighted by Crippen LogP contribution is -2.28. The van der Waals surface area contributed by atoms with Crippen LogP contribution >= 0.6 is 11.8 Å². The summed E-state index contributed by atoms with van der Waals surface area (Å²) in [4.78, 5) is 42.4. The number of carbonyl (C=O) groups excluding carboxylic acids is 2. The van der Waals surface area contributed by atoms with Crippen molar-refractivity contribution in [3.05, 3.63) is 75.7 Å². The predicted molar refractivity (Wildman–Crippen MR) is 131 cm³/mol. The van der Waals surface area contributed by atoms with E-state index in [1.807, 2.05) is 32.0 Å². The Morgan fingerprint density at radius 2 is 1.97 bits per heavy atom. The second-order valence-electron chi connectivity index (χ2n) is 8.26. The van der Waals surface area contributed by atoms with E-state index in [9.17, 15) is 14.4 Å². The molecule has 0 bridgehead atoms. The number of rotatable bonds is 5. The van der Waals surface area contributed by atoms with E-state index >= 15 is 0 Å². The van der Waals surface area contributed by atoms with Gasteiger partial charge in [-0.05, 0) is 49.2 Å². The Bertz CT molecular complexity index is 1520. The number of hydrogen-bond acceptors (Lipinski definition) is 6. The van der Waals surface area contributed by atoms with Gasteiger partial charge >= 0.3 is 0 Å². The summed E-state index contributed by atoms with van der Waals surface area (Å²) < 4.78 is 3.24. The maximum atomic E-state index is 13.3. The second-order valence-corrected chi connectivity index (χ2v) is 9.25. The van der Waals surface area contributed by atoms with Crippen LogP contribution in [0, 0.1) is 13.8 Å². The molecule has 0 saturated carbocycles. The van der Waals surface area contributed by atoms with E-state index in [0.29, 0.717) is 27.6 Å². The Kier molecular flexibility index (Phi) is 5.45. The van der Waals surface area contributed by atoms with Crippen molar-refractivity contribution in [3.8, 4) is 5.69 Å². The van der Waals surface area contributed by atoms with Gasteiger partial charge in [-0.2, -0.15) is 5.10 Å². The number of para-hydroxylation sites is 1. The smallest absolute Gasteiger partial charge is 0.265 e. The molecule has 9 nitrogen and oxygen atoms in total. The fourth-order valence-corrected chi connectivity index (χ4v) is 5.18. The van der Waals surface area contributed by atoms with Gasteiger partial charge in [0.25, 0.3) is 11.5 Å². The van der Waals surface area contributed by atoms with Gasteiger partial charge in [-0.15, -0.1) is 0 Å². The number of nitrogens with two attached hydrogens (primary N) is 1. The number of amides is 2. The molecule has 10 heteroatoms. The Hall–Kier alpha value is -3.92. The average molecular weight is 475 g/mol. The molecule has 3 heterocycles. The van der Waals surface area contributed by atoms with E-state index in [0.717, 1.165) is 11.3 Å². The number of nitrogens with one attached hydrogen (secondary N) is 1. The fourth-order valence-electron chi connectivity index (χ4n) is 4.05. The molecule has 0 saturated heterocycles. The number of thioether (sulfide) groups is 1. The molecule has 0 aliphatic carbocycles. The van der Waals surface area contributed by atoms with Crippen molar-refractivity contribution in [1.82, 2.24) is 19.3 Å². The van der Waals surface area contributed by atoms with Crippen molar-refractivity contribution in [2.75, 3.05) is 11.1 Å². The van der Waals surface area contributed by atoms with Crippen LogP contribution in [-0.2, 0) is 4.79 Å². The van der Waals surface area contributed by atoms with E-state index in [4.69, 9.17) is 10.7 Å². The number of primary amides is 1. The van der Waals surface area contributed by atoms with Gasteiger partial charge in [0, 0.05) is 12.2 Å². The van der Waals surface area contributed by atoms with Gasteiger partial charge in [0.05, 0.1) is 29.2 Å². The molecule has 2 aromatic carbocycles. The molecule has 1 atom stereocenters. The van der Waals surface area contributed by atoms with Crippen molar-refractivity contribution in [3.63, 3.8) is 0 Å². The molecule has 0 fully saturated rings. The molecule has 1 aliphatic rings. The van der Waals surface area contributed by atoms with Gasteiger partial charge in [-0.3, -0.25) is 19.0 Å². The lowest BCUT2D eigenvalue weighted by atomic mass is 10.1. The molecule has 5 rings (SSSR count). The first-order valence-electron chi connectivity index (χ1n) is 10.7. The third-order valence-electron chi connectivity index (χ3n) is 5.99. The van der Waals surface area contributed by atoms with Gasteiger partial charge in [0.1, 0.15) is 5.39 Å². The van der Waals surface area contributed by atoms with E-state index < -0.39 is 5.91 Å². The predicted octanol–water partition coefficient (Wildman–Crippen LogP) is 2.97. The first-order chi connectivity index (χ1) is 16.3. The molecular formula is C24H22N6O3S. The molecule has 4 aromatic rings. The number of aromatic nitrogens is 4. The van der Waals surface area contributed by atoms with Gasteiger partial charge < -0.3 is 11.1 Å². The number of fused-ring (bicyclic) bond motifs is 2. The highest BCUT2D eigenvalue weighted by Gasteiger charge is 2.30. The van der Waals surface area contributed by atoms with Crippen LogP contribution in [-0.4, -0.2) is 36.9 Å². The van der Waals surface area contributed by atoms with Crippen molar-refractivity contribution >= 4 is 40.3 Å². The molecule has 1 aliphatic heterocycles. The van der Waals surface area contributed by atoms with E-state index in [-0.39, 0.29) is 29.5 Å². The van der Waals surface area contributed by atoms with Crippen molar-refractivity contribution < 1.29 is 9.59 Å². The topological polar surface area (TPSA) is 125 Å². The Balaban J connectivity index is 1.44. The molecule has 34 heavy (non-hydrogen) atoms. The third kappa shape index (κ3) is 3.75. The molecule has 2 amide bonds. The monoisotopic (exact) mass is 474 g/mol. The van der Waals surface area contributed by atoms with Crippen LogP contribution in [0.15, 0.2) is 58.6 Å². The zero-order valence-corrected chi connectivity index (χ0v) is 19.4. The van der Waals surface area contributed by atoms with Crippen LogP contribution in [0.3, 0.4) is 0 Å². The summed E-state index contributed by atoms with van der Waals surface area (Å²) in [6, 6.07) is 12.2. The summed E-state index contributed by atoms with van der Waals surface area (Å²) >= 11 is 1.43. The van der Waals surface area contributed by atoms with Crippen LogP contribution < -0.4 is 16.6 Å². The van der Waals surface area contributed by atoms with Gasteiger partial charge in [-0.1, -0.05) is 30.0 Å². The quantitative estimate of drug-likeness (QED) is 0.429. The molecular weight excluding hydrogens is 452 g/mol. The van der Waals surface area contributed by atoms with Crippen LogP contribution in [0.1, 0.15) is 33.9 Å².